The summed E-state index contributed by atoms with van der Waals surface area (Å²) in [7, 11) is 0. The Morgan fingerprint density at radius 3 is 2.71 bits per heavy atom. The molecule has 0 aliphatic heterocycles. The first-order valence-electron chi connectivity index (χ1n) is 7.19. The highest BCUT2D eigenvalue weighted by molar-refractivity contribution is 5.73. The Kier molecular flexibility index (Phi) is 3.92. The minimum Gasteiger partial charge on any atom is -0.309 e. The van der Waals surface area contributed by atoms with Gasteiger partial charge in [0.25, 0.3) is 0 Å². The third-order valence-electron chi connectivity index (χ3n) is 3.29. The van der Waals surface area contributed by atoms with Crippen LogP contribution in [0.25, 0.3) is 11.0 Å². The Morgan fingerprint density at radius 2 is 1.86 bits per heavy atom. The maximum Gasteiger partial charge on any atom is 0.113 e. The standard InChI is InChI=1S/C16H19N5/c1-12(2)17-10-13-6-5-7-14(18-13)11-21-16-9-4-3-8-15(16)19-20-21/h3-9,12,17H,10-11H2,1-2H3. The fourth-order valence-electron chi connectivity index (χ4n) is 2.21. The van der Waals surface area contributed by atoms with Crippen LogP contribution in [0, 0.1) is 0 Å². The van der Waals surface area contributed by atoms with E-state index in [0.29, 0.717) is 12.6 Å². The van der Waals surface area contributed by atoms with Crippen molar-refractivity contribution >= 4 is 11.0 Å². The van der Waals surface area contributed by atoms with Gasteiger partial charge in [0.15, 0.2) is 0 Å². The maximum atomic E-state index is 4.68. The van der Waals surface area contributed by atoms with Crippen LogP contribution in [-0.2, 0) is 13.1 Å². The lowest BCUT2D eigenvalue weighted by Crippen LogP contribution is -2.22. The molecule has 21 heavy (non-hydrogen) atoms. The van der Waals surface area contributed by atoms with E-state index in [0.717, 1.165) is 29.0 Å². The number of hydrogen-bond donors (Lipinski definition) is 1. The van der Waals surface area contributed by atoms with Crippen LogP contribution in [0.2, 0.25) is 0 Å². The van der Waals surface area contributed by atoms with Gasteiger partial charge in [0.05, 0.1) is 23.4 Å². The van der Waals surface area contributed by atoms with Crippen LogP contribution in [0.15, 0.2) is 42.5 Å². The van der Waals surface area contributed by atoms with Crippen LogP contribution in [0.1, 0.15) is 25.2 Å². The van der Waals surface area contributed by atoms with Crippen molar-refractivity contribution in [1.82, 2.24) is 25.3 Å². The Hall–Kier alpha value is -2.27. The number of nitrogens with one attached hydrogen (secondary N) is 1. The summed E-state index contributed by atoms with van der Waals surface area (Å²) in [5.74, 6) is 0. The van der Waals surface area contributed by atoms with E-state index < -0.39 is 0 Å². The highest BCUT2D eigenvalue weighted by Gasteiger charge is 2.05. The zero-order valence-electron chi connectivity index (χ0n) is 12.3. The molecule has 1 N–H and O–H groups in total. The fourth-order valence-corrected chi connectivity index (χ4v) is 2.21. The molecule has 3 rings (SSSR count). The van der Waals surface area contributed by atoms with Gasteiger partial charge in [0, 0.05) is 12.6 Å². The van der Waals surface area contributed by atoms with Crippen LogP contribution < -0.4 is 5.32 Å². The van der Waals surface area contributed by atoms with Crippen molar-refractivity contribution in [2.45, 2.75) is 33.0 Å². The third-order valence-corrected chi connectivity index (χ3v) is 3.29. The van der Waals surface area contributed by atoms with Gasteiger partial charge in [-0.2, -0.15) is 0 Å². The molecule has 3 aromatic rings. The van der Waals surface area contributed by atoms with Crippen molar-refractivity contribution in [2.75, 3.05) is 0 Å². The Bertz CT molecular complexity index is 732. The summed E-state index contributed by atoms with van der Waals surface area (Å²) < 4.78 is 1.89. The summed E-state index contributed by atoms with van der Waals surface area (Å²) in [5, 5.41) is 11.8. The van der Waals surface area contributed by atoms with E-state index in [9.17, 15) is 0 Å². The van der Waals surface area contributed by atoms with Gasteiger partial charge in [-0.25, -0.2) is 4.68 Å². The lowest BCUT2D eigenvalue weighted by molar-refractivity contribution is 0.577. The highest BCUT2D eigenvalue weighted by Crippen LogP contribution is 2.11. The van der Waals surface area contributed by atoms with E-state index in [4.69, 9.17) is 0 Å². The van der Waals surface area contributed by atoms with Crippen molar-refractivity contribution in [1.29, 1.82) is 0 Å². The van der Waals surface area contributed by atoms with Crippen LogP contribution in [0.5, 0.6) is 0 Å². The molecule has 108 valence electrons. The molecule has 0 unspecified atom stereocenters. The summed E-state index contributed by atoms with van der Waals surface area (Å²) >= 11 is 0. The van der Waals surface area contributed by atoms with Crippen LogP contribution >= 0.6 is 0 Å². The molecule has 0 fully saturated rings. The molecule has 0 radical (unpaired) electrons. The van der Waals surface area contributed by atoms with Gasteiger partial charge >= 0.3 is 0 Å². The molecule has 2 aromatic heterocycles. The lowest BCUT2D eigenvalue weighted by Gasteiger charge is -2.09. The average Bonchev–Trinajstić information content (AvgIpc) is 2.89. The van der Waals surface area contributed by atoms with Crippen LogP contribution in [-0.4, -0.2) is 26.0 Å². The molecule has 0 bridgehead atoms. The second-order valence-electron chi connectivity index (χ2n) is 5.39. The maximum absolute atomic E-state index is 4.68. The van der Waals surface area contributed by atoms with E-state index in [-0.39, 0.29) is 0 Å². The topological polar surface area (TPSA) is 55.6 Å². The first-order valence-corrected chi connectivity index (χ1v) is 7.19. The molecule has 1 aromatic carbocycles. The molecule has 0 saturated heterocycles. The SMILES string of the molecule is CC(C)NCc1cccc(Cn2nnc3ccccc32)n1. The average molecular weight is 281 g/mol. The minimum atomic E-state index is 0.453. The zero-order valence-corrected chi connectivity index (χ0v) is 12.3. The minimum absolute atomic E-state index is 0.453. The summed E-state index contributed by atoms with van der Waals surface area (Å²) in [5.41, 5.74) is 3.99. The van der Waals surface area contributed by atoms with Gasteiger partial charge in [-0.05, 0) is 24.3 Å². The number of pyridine rings is 1. The quantitative estimate of drug-likeness (QED) is 0.780. The fraction of sp³-hybridized carbons (Fsp3) is 0.312. The molecule has 0 amide bonds. The summed E-state index contributed by atoms with van der Waals surface area (Å²) in [4.78, 5) is 4.68. The van der Waals surface area contributed by atoms with Gasteiger partial charge in [-0.1, -0.05) is 37.3 Å². The van der Waals surface area contributed by atoms with Crippen molar-refractivity contribution in [3.8, 4) is 0 Å². The van der Waals surface area contributed by atoms with E-state index in [1.165, 1.54) is 0 Å². The van der Waals surface area contributed by atoms with Crippen molar-refractivity contribution in [3.63, 3.8) is 0 Å². The van der Waals surface area contributed by atoms with Crippen LogP contribution in [0.3, 0.4) is 0 Å². The molecule has 0 atom stereocenters. The van der Waals surface area contributed by atoms with E-state index >= 15 is 0 Å². The number of benzene rings is 1. The lowest BCUT2D eigenvalue weighted by atomic mass is 10.2. The first-order chi connectivity index (χ1) is 10.2. The third kappa shape index (κ3) is 3.25. The number of hydrogen-bond acceptors (Lipinski definition) is 4. The van der Waals surface area contributed by atoms with E-state index in [1.54, 1.807) is 0 Å². The normalized spacial score (nSPS) is 11.4. The number of nitrogens with zero attached hydrogens (tertiary/aromatic N) is 4. The van der Waals surface area contributed by atoms with Gasteiger partial charge in [0.2, 0.25) is 0 Å². The summed E-state index contributed by atoms with van der Waals surface area (Å²) in [6.45, 7) is 5.68. The van der Waals surface area contributed by atoms with Gasteiger partial charge < -0.3 is 5.32 Å². The largest absolute Gasteiger partial charge is 0.309 e. The Labute approximate surface area is 124 Å². The van der Waals surface area contributed by atoms with Gasteiger partial charge in [-0.15, -0.1) is 5.10 Å². The van der Waals surface area contributed by atoms with E-state index in [2.05, 4.69) is 34.5 Å². The number of aromatic nitrogens is 4. The molecule has 0 aliphatic carbocycles. The van der Waals surface area contributed by atoms with Crippen molar-refractivity contribution in [3.05, 3.63) is 53.9 Å². The molecular formula is C16H19N5. The Balaban J connectivity index is 1.80. The highest BCUT2D eigenvalue weighted by atomic mass is 15.4. The van der Waals surface area contributed by atoms with E-state index in [1.807, 2.05) is 47.1 Å². The number of rotatable bonds is 5. The summed E-state index contributed by atoms with van der Waals surface area (Å²) in [6.07, 6.45) is 0. The number of fused-ring (bicyclic) bond motifs is 1. The first kappa shape index (κ1) is 13.7. The zero-order chi connectivity index (χ0) is 14.7. The monoisotopic (exact) mass is 281 g/mol. The smallest absolute Gasteiger partial charge is 0.113 e. The van der Waals surface area contributed by atoms with Gasteiger partial charge in [-0.3, -0.25) is 4.98 Å². The van der Waals surface area contributed by atoms with Crippen LogP contribution in [0.4, 0.5) is 0 Å². The molecule has 5 heteroatoms. The molecule has 2 heterocycles. The second-order valence-corrected chi connectivity index (χ2v) is 5.39. The second kappa shape index (κ2) is 6.01. The molecule has 0 saturated carbocycles. The predicted octanol–water partition coefficient (Wildman–Crippen LogP) is 2.37. The Morgan fingerprint density at radius 1 is 1.05 bits per heavy atom. The van der Waals surface area contributed by atoms with Gasteiger partial charge in [0.1, 0.15) is 5.52 Å². The molecule has 0 aliphatic rings. The van der Waals surface area contributed by atoms with Crippen molar-refractivity contribution in [2.24, 2.45) is 0 Å². The predicted molar refractivity (Wildman–Crippen MR) is 82.8 cm³/mol. The summed E-state index contributed by atoms with van der Waals surface area (Å²) in [6, 6.07) is 14.5. The number of para-hydroxylation sites is 1. The molecular weight excluding hydrogens is 262 g/mol. The molecule has 0 spiro atoms. The molecule has 5 nitrogen and oxygen atoms in total. The van der Waals surface area contributed by atoms with Crippen molar-refractivity contribution < 1.29 is 0 Å².